The summed E-state index contributed by atoms with van der Waals surface area (Å²) in [7, 11) is -1.07. The minimum Gasteiger partial charge on any atom is -0.492 e. The van der Waals surface area contributed by atoms with E-state index >= 15 is 0 Å². The Morgan fingerprint density at radius 2 is 1.76 bits per heavy atom. The van der Waals surface area contributed by atoms with Crippen molar-refractivity contribution in [2.45, 2.75) is 19.6 Å². The van der Waals surface area contributed by atoms with Crippen LogP contribution in [0.1, 0.15) is 10.5 Å². The highest BCUT2D eigenvalue weighted by atomic mass is 28.3. The number of carboxylic acids is 1. The van der Waals surface area contributed by atoms with Gasteiger partial charge in [0.2, 0.25) is 0 Å². The molecule has 1 heterocycles. The van der Waals surface area contributed by atoms with E-state index in [1.165, 1.54) is 12.1 Å². The topological polar surface area (TPSA) is 85.4 Å². The molecule has 25 heavy (non-hydrogen) atoms. The monoisotopic (exact) mass is 370 g/mol. The number of ether oxygens (including phenoxy) is 1. The molecular weight excluding hydrogens is 353 g/mol. The minimum atomic E-state index is -2.17. The van der Waals surface area contributed by atoms with Crippen molar-refractivity contribution in [2.75, 3.05) is 12.8 Å². The van der Waals surface area contributed by atoms with Gasteiger partial charge in [0.25, 0.3) is 0 Å². The van der Waals surface area contributed by atoms with E-state index in [1.54, 1.807) is 0 Å². The molecule has 0 aliphatic carbocycles. The van der Waals surface area contributed by atoms with Crippen LogP contribution in [0.3, 0.4) is 0 Å². The SMILES string of the molecule is COc1c(C(=O)O)nc(-c2ccc([Si](C)(C)C)c(F)c2F)c(F)c1N. The highest BCUT2D eigenvalue weighted by Crippen LogP contribution is 2.35. The van der Waals surface area contributed by atoms with Crippen LogP contribution < -0.4 is 15.7 Å². The van der Waals surface area contributed by atoms with Crippen molar-refractivity contribution >= 4 is 24.9 Å². The zero-order valence-corrected chi connectivity index (χ0v) is 15.1. The lowest BCUT2D eigenvalue weighted by atomic mass is 10.1. The fraction of sp³-hybridized carbons (Fsp3) is 0.250. The first-order valence-corrected chi connectivity index (χ1v) is 10.8. The van der Waals surface area contributed by atoms with Gasteiger partial charge in [0.15, 0.2) is 28.9 Å². The number of rotatable bonds is 4. The van der Waals surface area contributed by atoms with Crippen LogP contribution in [0, 0.1) is 17.5 Å². The van der Waals surface area contributed by atoms with Gasteiger partial charge in [-0.05, 0) is 11.3 Å². The van der Waals surface area contributed by atoms with Gasteiger partial charge in [0, 0.05) is 5.56 Å². The maximum atomic E-state index is 14.5. The summed E-state index contributed by atoms with van der Waals surface area (Å²) in [4.78, 5) is 14.9. The van der Waals surface area contributed by atoms with Crippen molar-refractivity contribution in [1.29, 1.82) is 0 Å². The lowest BCUT2D eigenvalue weighted by molar-refractivity contribution is 0.0686. The molecule has 0 aliphatic heterocycles. The number of hydrogen-bond acceptors (Lipinski definition) is 4. The van der Waals surface area contributed by atoms with Gasteiger partial charge in [-0.3, -0.25) is 0 Å². The molecule has 9 heteroatoms. The highest BCUT2D eigenvalue weighted by molar-refractivity contribution is 6.88. The third-order valence-corrected chi connectivity index (χ3v) is 5.68. The van der Waals surface area contributed by atoms with E-state index in [-0.39, 0.29) is 5.19 Å². The van der Waals surface area contributed by atoms with Crippen molar-refractivity contribution in [2.24, 2.45) is 0 Å². The Morgan fingerprint density at radius 1 is 1.16 bits per heavy atom. The minimum absolute atomic E-state index is 0.231. The molecule has 2 rings (SSSR count). The number of aromatic carboxylic acids is 1. The number of aromatic nitrogens is 1. The van der Waals surface area contributed by atoms with E-state index in [4.69, 9.17) is 10.5 Å². The average molecular weight is 370 g/mol. The van der Waals surface area contributed by atoms with Crippen LogP contribution in [0.2, 0.25) is 19.6 Å². The molecule has 0 radical (unpaired) electrons. The summed E-state index contributed by atoms with van der Waals surface area (Å²) >= 11 is 0. The van der Waals surface area contributed by atoms with Crippen LogP contribution in [0.15, 0.2) is 12.1 Å². The molecule has 2 aromatic rings. The van der Waals surface area contributed by atoms with Gasteiger partial charge in [0.05, 0.1) is 15.2 Å². The van der Waals surface area contributed by atoms with E-state index in [1.807, 2.05) is 19.6 Å². The molecule has 0 aliphatic rings. The molecule has 0 bridgehead atoms. The maximum absolute atomic E-state index is 14.5. The van der Waals surface area contributed by atoms with Crippen LogP contribution in [0.4, 0.5) is 18.9 Å². The summed E-state index contributed by atoms with van der Waals surface area (Å²) in [5.74, 6) is -5.59. The summed E-state index contributed by atoms with van der Waals surface area (Å²) in [6.07, 6.45) is 0. The van der Waals surface area contributed by atoms with Crippen LogP contribution in [0.25, 0.3) is 11.3 Å². The Kier molecular flexibility index (Phi) is 4.80. The Labute approximate surface area is 143 Å². The second-order valence-corrected chi connectivity index (χ2v) is 11.5. The standard InChI is InChI=1S/C16H17F3N2O3Si/c1-24-15-12(20)11(19)13(21-14(15)16(22)23)7-5-6-8(25(2,3)4)10(18)9(7)17/h5-6H,1-4H3,(H2,20,21)(H,22,23). The molecular formula is C16H17F3N2O3Si. The number of benzene rings is 1. The third kappa shape index (κ3) is 3.19. The number of pyridine rings is 1. The van der Waals surface area contributed by atoms with Gasteiger partial charge >= 0.3 is 5.97 Å². The van der Waals surface area contributed by atoms with E-state index in [0.29, 0.717) is 0 Å². The predicted octanol–water partition coefficient (Wildman–Crippen LogP) is 3.00. The molecule has 5 nitrogen and oxygen atoms in total. The van der Waals surface area contributed by atoms with Crippen molar-refractivity contribution in [1.82, 2.24) is 4.98 Å². The summed E-state index contributed by atoms with van der Waals surface area (Å²) in [6.45, 7) is 5.49. The number of nitrogens with zero attached hydrogens (tertiary/aromatic N) is 1. The quantitative estimate of drug-likeness (QED) is 0.808. The zero-order valence-electron chi connectivity index (χ0n) is 14.1. The molecule has 3 N–H and O–H groups in total. The number of hydrogen-bond donors (Lipinski definition) is 2. The first-order valence-electron chi connectivity index (χ1n) is 7.25. The van der Waals surface area contributed by atoms with Crippen LogP contribution in [-0.4, -0.2) is 31.2 Å². The van der Waals surface area contributed by atoms with Crippen molar-refractivity contribution in [3.8, 4) is 17.0 Å². The number of nitrogens with two attached hydrogens (primary N) is 1. The Balaban J connectivity index is 2.80. The van der Waals surface area contributed by atoms with Gasteiger partial charge in [-0.1, -0.05) is 25.7 Å². The van der Waals surface area contributed by atoms with E-state index in [0.717, 1.165) is 7.11 Å². The molecule has 0 saturated heterocycles. The molecule has 0 fully saturated rings. The second-order valence-electron chi connectivity index (χ2n) is 6.41. The summed E-state index contributed by atoms with van der Waals surface area (Å²) in [6, 6.07) is 2.54. The predicted molar refractivity (Wildman–Crippen MR) is 90.5 cm³/mol. The smallest absolute Gasteiger partial charge is 0.358 e. The summed E-state index contributed by atoms with van der Waals surface area (Å²) < 4.78 is 48.2. The first kappa shape index (κ1) is 18.8. The lowest BCUT2D eigenvalue weighted by Crippen LogP contribution is -2.40. The average Bonchev–Trinajstić information content (AvgIpc) is 2.51. The molecule has 0 amide bonds. The fourth-order valence-corrected chi connectivity index (χ4v) is 3.76. The molecule has 0 saturated carbocycles. The molecule has 1 aromatic carbocycles. The normalized spacial score (nSPS) is 11.5. The van der Waals surface area contributed by atoms with Gasteiger partial charge in [-0.15, -0.1) is 0 Å². The summed E-state index contributed by atoms with van der Waals surface area (Å²) in [5, 5.41) is 9.41. The zero-order chi connectivity index (χ0) is 19.1. The van der Waals surface area contributed by atoms with Crippen LogP contribution >= 0.6 is 0 Å². The summed E-state index contributed by atoms with van der Waals surface area (Å²) in [5.41, 5.74) is 3.02. The molecule has 1 aromatic heterocycles. The fourth-order valence-electron chi connectivity index (χ4n) is 2.41. The molecule has 0 unspecified atom stereocenters. The molecule has 134 valence electrons. The van der Waals surface area contributed by atoms with Gasteiger partial charge in [-0.2, -0.15) is 0 Å². The second kappa shape index (κ2) is 6.39. The van der Waals surface area contributed by atoms with E-state index in [2.05, 4.69) is 4.98 Å². The van der Waals surface area contributed by atoms with Gasteiger partial charge in [0.1, 0.15) is 11.4 Å². The Morgan fingerprint density at radius 3 is 2.24 bits per heavy atom. The molecule has 0 atom stereocenters. The first-order chi connectivity index (χ1) is 11.5. The number of halogens is 3. The number of carbonyl (C=O) groups is 1. The van der Waals surface area contributed by atoms with E-state index in [9.17, 15) is 23.1 Å². The van der Waals surface area contributed by atoms with Crippen LogP contribution in [0.5, 0.6) is 5.75 Å². The van der Waals surface area contributed by atoms with Crippen molar-refractivity contribution < 1.29 is 27.8 Å². The maximum Gasteiger partial charge on any atom is 0.358 e. The van der Waals surface area contributed by atoms with Crippen molar-refractivity contribution in [3.63, 3.8) is 0 Å². The Bertz CT molecular complexity index is 867. The van der Waals surface area contributed by atoms with Crippen LogP contribution in [-0.2, 0) is 0 Å². The van der Waals surface area contributed by atoms with Gasteiger partial charge < -0.3 is 15.6 Å². The number of carboxylic acid groups (broad SMARTS) is 1. The number of methoxy groups -OCH3 is 1. The van der Waals surface area contributed by atoms with Crippen molar-refractivity contribution in [3.05, 3.63) is 35.3 Å². The van der Waals surface area contributed by atoms with Gasteiger partial charge in [-0.25, -0.2) is 22.9 Å². The number of anilines is 1. The molecule has 0 spiro atoms. The largest absolute Gasteiger partial charge is 0.492 e. The Hall–Kier alpha value is -2.55. The highest BCUT2D eigenvalue weighted by Gasteiger charge is 2.29. The third-order valence-electron chi connectivity index (χ3n) is 3.68. The van der Waals surface area contributed by atoms with E-state index < -0.39 is 59.9 Å². The number of nitrogen functional groups attached to an aromatic ring is 1. The lowest BCUT2D eigenvalue weighted by Gasteiger charge is -2.19.